The number of rotatable bonds is 9. The molecular formula is C22H24ClNO2. The van der Waals surface area contributed by atoms with E-state index >= 15 is 0 Å². The first-order chi connectivity index (χ1) is 12.8. The largest absolute Gasteiger partial charge is 0.488 e. The minimum Gasteiger partial charge on any atom is -0.488 e. The number of halogens is 1. The fraction of sp³-hybridized carbons (Fsp3) is 0.273. The van der Waals surface area contributed by atoms with Crippen LogP contribution in [0.1, 0.15) is 24.0 Å². The lowest BCUT2D eigenvalue weighted by atomic mass is 10.0. The van der Waals surface area contributed by atoms with E-state index in [1.807, 2.05) is 36.4 Å². The van der Waals surface area contributed by atoms with Crippen molar-refractivity contribution in [2.24, 2.45) is 0 Å². The second kappa shape index (κ2) is 9.58. The zero-order valence-corrected chi connectivity index (χ0v) is 15.5. The predicted octanol–water partition coefficient (Wildman–Crippen LogP) is 4.93. The van der Waals surface area contributed by atoms with E-state index < -0.39 is 0 Å². The Balaban J connectivity index is 1.79. The molecule has 0 aliphatic carbocycles. The summed E-state index contributed by atoms with van der Waals surface area (Å²) in [5.41, 5.74) is 2.13. The van der Waals surface area contributed by atoms with Crippen molar-refractivity contribution >= 4 is 22.4 Å². The van der Waals surface area contributed by atoms with E-state index in [1.54, 1.807) is 0 Å². The van der Waals surface area contributed by atoms with E-state index in [4.69, 9.17) is 21.4 Å². The number of ether oxygens (including phenoxy) is 1. The van der Waals surface area contributed by atoms with Gasteiger partial charge in [0.2, 0.25) is 0 Å². The number of hydrogen-bond donors (Lipinski definition) is 2. The fourth-order valence-electron chi connectivity index (χ4n) is 2.98. The van der Waals surface area contributed by atoms with E-state index in [9.17, 15) is 0 Å². The maximum atomic E-state index is 8.91. The first kappa shape index (κ1) is 18.7. The number of nitrogens with one attached hydrogen (secondary N) is 1. The molecule has 0 spiro atoms. The van der Waals surface area contributed by atoms with Crippen LogP contribution in [0.4, 0.5) is 0 Å². The Morgan fingerprint density at radius 1 is 0.923 bits per heavy atom. The maximum absolute atomic E-state index is 8.91. The van der Waals surface area contributed by atoms with Gasteiger partial charge in [-0.2, -0.15) is 0 Å². The fourth-order valence-corrected chi connectivity index (χ4v) is 3.17. The van der Waals surface area contributed by atoms with Crippen molar-refractivity contribution in [1.29, 1.82) is 0 Å². The first-order valence-corrected chi connectivity index (χ1v) is 9.36. The number of aliphatic hydroxyl groups is 1. The molecule has 0 heterocycles. The summed E-state index contributed by atoms with van der Waals surface area (Å²) < 4.78 is 6.13. The average Bonchev–Trinajstić information content (AvgIpc) is 2.68. The Hall–Kier alpha value is -2.07. The third-order valence-corrected chi connectivity index (χ3v) is 4.77. The summed E-state index contributed by atoms with van der Waals surface area (Å²) in [4.78, 5) is 0. The Labute approximate surface area is 159 Å². The summed E-state index contributed by atoms with van der Waals surface area (Å²) in [6.45, 7) is 2.27. The molecule has 4 heteroatoms. The van der Waals surface area contributed by atoms with Gasteiger partial charge in [-0.3, -0.25) is 0 Å². The number of fused-ring (bicyclic) bond motifs is 1. The van der Waals surface area contributed by atoms with E-state index in [0.717, 1.165) is 47.8 Å². The summed E-state index contributed by atoms with van der Waals surface area (Å²) in [5, 5.41) is 15.5. The van der Waals surface area contributed by atoms with Gasteiger partial charge >= 0.3 is 0 Å². The van der Waals surface area contributed by atoms with E-state index in [0.29, 0.717) is 6.61 Å². The van der Waals surface area contributed by atoms with Crippen LogP contribution in [0.25, 0.3) is 10.8 Å². The molecule has 0 saturated carbocycles. The summed E-state index contributed by atoms with van der Waals surface area (Å²) in [6, 6.07) is 20.2. The van der Waals surface area contributed by atoms with Crippen molar-refractivity contribution in [2.75, 3.05) is 13.2 Å². The van der Waals surface area contributed by atoms with Gasteiger partial charge in [0.15, 0.2) is 0 Å². The van der Waals surface area contributed by atoms with Crippen LogP contribution in [0.15, 0.2) is 60.7 Å². The highest BCUT2D eigenvalue weighted by Gasteiger charge is 2.10. The molecule has 3 aromatic carbocycles. The van der Waals surface area contributed by atoms with Gasteiger partial charge in [0.05, 0.1) is 0 Å². The summed E-state index contributed by atoms with van der Waals surface area (Å²) >= 11 is 6.24. The molecule has 26 heavy (non-hydrogen) atoms. The van der Waals surface area contributed by atoms with Crippen molar-refractivity contribution in [3.63, 3.8) is 0 Å². The van der Waals surface area contributed by atoms with Crippen LogP contribution in [-0.4, -0.2) is 18.3 Å². The van der Waals surface area contributed by atoms with Crippen molar-refractivity contribution < 1.29 is 9.84 Å². The quantitative estimate of drug-likeness (QED) is 0.525. The van der Waals surface area contributed by atoms with Gasteiger partial charge in [0, 0.05) is 29.3 Å². The van der Waals surface area contributed by atoms with Gasteiger partial charge in [-0.1, -0.05) is 60.1 Å². The summed E-state index contributed by atoms with van der Waals surface area (Å²) in [5.74, 6) is 0.873. The Kier molecular flexibility index (Phi) is 6.89. The van der Waals surface area contributed by atoms with Gasteiger partial charge < -0.3 is 15.2 Å². The molecule has 0 aliphatic heterocycles. The topological polar surface area (TPSA) is 41.5 Å². The van der Waals surface area contributed by atoms with Crippen molar-refractivity contribution in [2.45, 2.75) is 26.0 Å². The lowest BCUT2D eigenvalue weighted by Gasteiger charge is -2.15. The maximum Gasteiger partial charge on any atom is 0.124 e. The molecule has 0 bridgehead atoms. The second-order valence-electron chi connectivity index (χ2n) is 6.25. The summed E-state index contributed by atoms with van der Waals surface area (Å²) in [7, 11) is 0. The average molecular weight is 370 g/mol. The lowest BCUT2D eigenvalue weighted by Crippen LogP contribution is -2.16. The molecule has 0 aromatic heterocycles. The predicted molar refractivity (Wildman–Crippen MR) is 108 cm³/mol. The molecule has 0 saturated heterocycles. The zero-order chi connectivity index (χ0) is 18.2. The number of aliphatic hydroxyl groups excluding tert-OH is 1. The highest BCUT2D eigenvalue weighted by Crippen LogP contribution is 2.29. The standard InChI is InChI=1S/C22H24ClNO2/c23-21-10-4-2-8-18(21)16-26-22-12-11-17-7-1-3-9-19(17)20(22)15-24-13-5-6-14-25/h1-4,7-12,24-25H,5-6,13-16H2. The third kappa shape index (κ3) is 4.76. The molecule has 0 fully saturated rings. The molecule has 3 nitrogen and oxygen atoms in total. The molecule has 0 amide bonds. The van der Waals surface area contributed by atoms with Gasteiger partial charge in [0.25, 0.3) is 0 Å². The molecule has 0 unspecified atom stereocenters. The van der Waals surface area contributed by atoms with Crippen LogP contribution in [-0.2, 0) is 13.2 Å². The molecular weight excluding hydrogens is 346 g/mol. The van der Waals surface area contributed by atoms with Crippen LogP contribution in [0.2, 0.25) is 5.02 Å². The van der Waals surface area contributed by atoms with Crippen LogP contribution >= 0.6 is 11.6 Å². The van der Waals surface area contributed by atoms with Crippen molar-refractivity contribution in [1.82, 2.24) is 5.32 Å². The monoisotopic (exact) mass is 369 g/mol. The van der Waals surface area contributed by atoms with Crippen LogP contribution < -0.4 is 10.1 Å². The number of unbranched alkanes of at least 4 members (excludes halogenated alkanes) is 1. The van der Waals surface area contributed by atoms with Crippen LogP contribution in [0, 0.1) is 0 Å². The zero-order valence-electron chi connectivity index (χ0n) is 14.7. The molecule has 136 valence electrons. The normalized spacial score (nSPS) is 11.0. The smallest absolute Gasteiger partial charge is 0.124 e. The van der Waals surface area contributed by atoms with Crippen molar-refractivity contribution in [3.8, 4) is 5.75 Å². The van der Waals surface area contributed by atoms with E-state index in [-0.39, 0.29) is 6.61 Å². The molecule has 3 aromatic rings. The van der Waals surface area contributed by atoms with Gasteiger partial charge in [-0.25, -0.2) is 0 Å². The Morgan fingerprint density at radius 2 is 1.73 bits per heavy atom. The summed E-state index contributed by atoms with van der Waals surface area (Å²) in [6.07, 6.45) is 1.77. The van der Waals surface area contributed by atoms with E-state index in [1.165, 1.54) is 10.8 Å². The second-order valence-corrected chi connectivity index (χ2v) is 6.66. The Morgan fingerprint density at radius 3 is 2.58 bits per heavy atom. The SMILES string of the molecule is OCCCCNCc1c(OCc2ccccc2Cl)ccc2ccccc12. The van der Waals surface area contributed by atoms with Crippen LogP contribution in [0.3, 0.4) is 0 Å². The minimum atomic E-state index is 0.238. The molecule has 2 N–H and O–H groups in total. The minimum absolute atomic E-state index is 0.238. The van der Waals surface area contributed by atoms with Gasteiger partial charge in [0.1, 0.15) is 12.4 Å². The molecule has 3 rings (SSSR count). The number of hydrogen-bond acceptors (Lipinski definition) is 3. The molecule has 0 aliphatic rings. The van der Waals surface area contributed by atoms with Gasteiger partial charge in [-0.15, -0.1) is 0 Å². The molecule has 0 radical (unpaired) electrons. The molecule has 0 atom stereocenters. The van der Waals surface area contributed by atoms with Crippen molar-refractivity contribution in [3.05, 3.63) is 76.8 Å². The Bertz CT molecular complexity index is 850. The number of benzene rings is 3. The first-order valence-electron chi connectivity index (χ1n) is 8.98. The highest BCUT2D eigenvalue weighted by molar-refractivity contribution is 6.31. The highest BCUT2D eigenvalue weighted by atomic mass is 35.5. The van der Waals surface area contributed by atoms with E-state index in [2.05, 4.69) is 29.6 Å². The van der Waals surface area contributed by atoms with Gasteiger partial charge in [-0.05, 0) is 42.3 Å². The van der Waals surface area contributed by atoms with Crippen LogP contribution in [0.5, 0.6) is 5.75 Å². The lowest BCUT2D eigenvalue weighted by molar-refractivity contribution is 0.283. The third-order valence-electron chi connectivity index (χ3n) is 4.40.